The SMILES string of the molecule is Cl.NC1(C(=O)NCCC2CCCC2)CCOCC1. The predicted octanol–water partition coefficient (Wildman–Crippen LogP) is 1.61. The second-order valence-electron chi connectivity index (χ2n) is 5.46. The van der Waals surface area contributed by atoms with Gasteiger partial charge in [0.05, 0.1) is 5.54 Å². The summed E-state index contributed by atoms with van der Waals surface area (Å²) in [6, 6.07) is 0. The van der Waals surface area contributed by atoms with Gasteiger partial charge in [0.2, 0.25) is 5.91 Å². The Balaban J connectivity index is 0.00000162. The van der Waals surface area contributed by atoms with Crippen LogP contribution in [0.2, 0.25) is 0 Å². The van der Waals surface area contributed by atoms with E-state index in [0.29, 0.717) is 26.1 Å². The second-order valence-corrected chi connectivity index (χ2v) is 5.46. The maximum Gasteiger partial charge on any atom is 0.240 e. The van der Waals surface area contributed by atoms with Crippen LogP contribution in [0, 0.1) is 5.92 Å². The molecule has 0 aromatic heterocycles. The lowest BCUT2D eigenvalue weighted by Gasteiger charge is -2.31. The number of hydrogen-bond donors (Lipinski definition) is 2. The van der Waals surface area contributed by atoms with Gasteiger partial charge < -0.3 is 15.8 Å². The van der Waals surface area contributed by atoms with Gasteiger partial charge in [-0.05, 0) is 25.2 Å². The molecule has 0 bridgehead atoms. The van der Waals surface area contributed by atoms with Crippen LogP contribution in [0.15, 0.2) is 0 Å². The number of halogens is 1. The van der Waals surface area contributed by atoms with Crippen LogP contribution in [0.1, 0.15) is 44.9 Å². The van der Waals surface area contributed by atoms with E-state index in [9.17, 15) is 4.79 Å². The highest BCUT2D eigenvalue weighted by Crippen LogP contribution is 2.27. The number of nitrogens with one attached hydrogen (secondary N) is 1. The highest BCUT2D eigenvalue weighted by molar-refractivity contribution is 5.86. The van der Waals surface area contributed by atoms with Gasteiger partial charge in [0.15, 0.2) is 0 Å². The van der Waals surface area contributed by atoms with Gasteiger partial charge in [-0.15, -0.1) is 12.4 Å². The molecule has 1 aliphatic carbocycles. The molecule has 3 N–H and O–H groups in total. The van der Waals surface area contributed by atoms with Crippen LogP contribution >= 0.6 is 12.4 Å². The van der Waals surface area contributed by atoms with Crippen molar-refractivity contribution in [2.24, 2.45) is 11.7 Å². The van der Waals surface area contributed by atoms with E-state index >= 15 is 0 Å². The molecule has 0 aromatic carbocycles. The molecule has 1 aliphatic heterocycles. The van der Waals surface area contributed by atoms with Crippen LogP contribution in [0.4, 0.5) is 0 Å². The van der Waals surface area contributed by atoms with E-state index in [1.165, 1.54) is 25.7 Å². The number of ether oxygens (including phenoxy) is 1. The number of carbonyl (C=O) groups is 1. The minimum absolute atomic E-state index is 0. The molecule has 1 saturated heterocycles. The van der Waals surface area contributed by atoms with E-state index in [2.05, 4.69) is 5.32 Å². The van der Waals surface area contributed by atoms with Crippen molar-refractivity contribution in [1.82, 2.24) is 5.32 Å². The summed E-state index contributed by atoms with van der Waals surface area (Å²) in [6.45, 7) is 1.99. The maximum absolute atomic E-state index is 12.0. The summed E-state index contributed by atoms with van der Waals surface area (Å²) >= 11 is 0. The molecule has 106 valence electrons. The molecule has 0 spiro atoms. The van der Waals surface area contributed by atoms with Gasteiger partial charge in [-0.1, -0.05) is 25.7 Å². The smallest absolute Gasteiger partial charge is 0.240 e. The first kappa shape index (κ1) is 15.7. The first-order chi connectivity index (χ1) is 8.21. The molecule has 0 radical (unpaired) electrons. The van der Waals surface area contributed by atoms with Crippen LogP contribution in [-0.4, -0.2) is 31.2 Å². The van der Waals surface area contributed by atoms with E-state index in [-0.39, 0.29) is 18.3 Å². The van der Waals surface area contributed by atoms with E-state index in [1.807, 2.05) is 0 Å². The van der Waals surface area contributed by atoms with Crippen LogP contribution < -0.4 is 11.1 Å². The molecular formula is C13H25ClN2O2. The lowest BCUT2D eigenvalue weighted by molar-refractivity contribution is -0.129. The van der Waals surface area contributed by atoms with Crippen LogP contribution in [0.3, 0.4) is 0 Å². The average Bonchev–Trinajstić information content (AvgIpc) is 2.83. The van der Waals surface area contributed by atoms with Gasteiger partial charge in [0.25, 0.3) is 0 Å². The summed E-state index contributed by atoms with van der Waals surface area (Å²) in [7, 11) is 0. The molecule has 1 saturated carbocycles. The molecule has 5 heteroatoms. The fraction of sp³-hybridized carbons (Fsp3) is 0.923. The fourth-order valence-electron chi connectivity index (χ4n) is 2.83. The van der Waals surface area contributed by atoms with Gasteiger partial charge in [-0.3, -0.25) is 4.79 Å². The third kappa shape index (κ3) is 4.11. The number of hydrogen-bond acceptors (Lipinski definition) is 3. The zero-order valence-corrected chi connectivity index (χ0v) is 11.8. The molecule has 2 rings (SSSR count). The zero-order chi connectivity index (χ0) is 12.1. The summed E-state index contributed by atoms with van der Waals surface area (Å²) < 4.78 is 5.24. The Bertz CT molecular complexity index is 262. The minimum Gasteiger partial charge on any atom is -0.381 e. The van der Waals surface area contributed by atoms with Gasteiger partial charge in [0.1, 0.15) is 0 Å². The van der Waals surface area contributed by atoms with Crippen LogP contribution in [0.5, 0.6) is 0 Å². The first-order valence-electron chi connectivity index (χ1n) is 6.86. The van der Waals surface area contributed by atoms with E-state index in [1.54, 1.807) is 0 Å². The maximum atomic E-state index is 12.0. The van der Waals surface area contributed by atoms with Crippen molar-refractivity contribution in [3.8, 4) is 0 Å². The summed E-state index contributed by atoms with van der Waals surface area (Å²) in [5, 5.41) is 3.00. The predicted molar refractivity (Wildman–Crippen MR) is 73.8 cm³/mol. The first-order valence-corrected chi connectivity index (χ1v) is 6.86. The van der Waals surface area contributed by atoms with Crippen molar-refractivity contribution in [2.45, 2.75) is 50.5 Å². The number of nitrogens with two attached hydrogens (primary N) is 1. The van der Waals surface area contributed by atoms with Gasteiger partial charge in [-0.2, -0.15) is 0 Å². The lowest BCUT2D eigenvalue weighted by atomic mass is 9.90. The lowest BCUT2D eigenvalue weighted by Crippen LogP contribution is -2.57. The van der Waals surface area contributed by atoms with Crippen molar-refractivity contribution in [2.75, 3.05) is 19.8 Å². The van der Waals surface area contributed by atoms with Gasteiger partial charge in [-0.25, -0.2) is 0 Å². The Morgan fingerprint density at radius 2 is 1.89 bits per heavy atom. The molecule has 18 heavy (non-hydrogen) atoms. The summed E-state index contributed by atoms with van der Waals surface area (Å²) in [5.41, 5.74) is 5.42. The van der Waals surface area contributed by atoms with Crippen LogP contribution in [0.25, 0.3) is 0 Å². The van der Waals surface area contributed by atoms with Crippen molar-refractivity contribution in [3.05, 3.63) is 0 Å². The summed E-state index contributed by atoms with van der Waals surface area (Å²) in [6.07, 6.45) is 7.77. The number of amides is 1. The fourth-order valence-corrected chi connectivity index (χ4v) is 2.83. The highest BCUT2D eigenvalue weighted by Gasteiger charge is 2.35. The largest absolute Gasteiger partial charge is 0.381 e. The molecular weight excluding hydrogens is 252 g/mol. The highest BCUT2D eigenvalue weighted by atomic mass is 35.5. The third-order valence-corrected chi connectivity index (χ3v) is 4.15. The number of rotatable bonds is 4. The average molecular weight is 277 g/mol. The Kier molecular flexibility index (Phi) is 6.39. The number of carbonyl (C=O) groups excluding carboxylic acids is 1. The standard InChI is InChI=1S/C13H24N2O2.ClH/c14-13(6-9-17-10-7-13)12(16)15-8-5-11-3-1-2-4-11;/h11H,1-10,14H2,(H,15,16);1H. The molecule has 0 aromatic rings. The Hall–Kier alpha value is -0.320. The molecule has 4 nitrogen and oxygen atoms in total. The van der Waals surface area contributed by atoms with Crippen LogP contribution in [-0.2, 0) is 9.53 Å². The topological polar surface area (TPSA) is 64.4 Å². The monoisotopic (exact) mass is 276 g/mol. The minimum atomic E-state index is -0.687. The Morgan fingerprint density at radius 1 is 1.28 bits per heavy atom. The quantitative estimate of drug-likeness (QED) is 0.820. The third-order valence-electron chi connectivity index (χ3n) is 4.15. The van der Waals surface area contributed by atoms with E-state index < -0.39 is 5.54 Å². The van der Waals surface area contributed by atoms with E-state index in [4.69, 9.17) is 10.5 Å². The molecule has 2 aliphatic rings. The van der Waals surface area contributed by atoms with Crippen molar-refractivity contribution in [1.29, 1.82) is 0 Å². The molecule has 2 fully saturated rings. The normalized spacial score (nSPS) is 23.4. The van der Waals surface area contributed by atoms with Crippen molar-refractivity contribution in [3.63, 3.8) is 0 Å². The van der Waals surface area contributed by atoms with Crippen molar-refractivity contribution < 1.29 is 9.53 Å². The Labute approximate surface area is 115 Å². The summed E-state index contributed by atoms with van der Waals surface area (Å²) in [4.78, 5) is 12.0. The molecule has 1 heterocycles. The van der Waals surface area contributed by atoms with Gasteiger partial charge >= 0.3 is 0 Å². The van der Waals surface area contributed by atoms with Crippen molar-refractivity contribution >= 4 is 18.3 Å². The van der Waals surface area contributed by atoms with Gasteiger partial charge in [0, 0.05) is 19.8 Å². The molecule has 0 atom stereocenters. The Morgan fingerprint density at radius 3 is 2.50 bits per heavy atom. The second kappa shape index (κ2) is 7.31. The zero-order valence-electron chi connectivity index (χ0n) is 11.0. The van der Waals surface area contributed by atoms with E-state index in [0.717, 1.165) is 18.9 Å². The molecule has 0 unspecified atom stereocenters. The summed E-state index contributed by atoms with van der Waals surface area (Å²) in [5.74, 6) is 0.831. The molecule has 1 amide bonds.